The number of hydrogen-bond acceptors (Lipinski definition) is 3. The molecule has 0 spiro atoms. The van der Waals surface area contributed by atoms with Gasteiger partial charge in [0.15, 0.2) is 0 Å². The number of carboxylic acid groups (broad SMARTS) is 1. The van der Waals surface area contributed by atoms with Crippen molar-refractivity contribution in [2.75, 3.05) is 13.1 Å². The molecule has 0 aromatic heterocycles. The fourth-order valence-corrected chi connectivity index (χ4v) is 4.46. The van der Waals surface area contributed by atoms with Gasteiger partial charge in [0, 0.05) is 25.0 Å². The third kappa shape index (κ3) is 3.07. The van der Waals surface area contributed by atoms with Crippen molar-refractivity contribution in [2.45, 2.75) is 69.9 Å². The van der Waals surface area contributed by atoms with Crippen LogP contribution in [0.2, 0.25) is 0 Å². The molecule has 1 saturated carbocycles. The molecule has 1 amide bonds. The van der Waals surface area contributed by atoms with E-state index in [9.17, 15) is 14.7 Å². The molecule has 2 heterocycles. The molecular formula is C16H26N2O3. The summed E-state index contributed by atoms with van der Waals surface area (Å²) in [6, 6.07) is 0.869. The molecule has 118 valence electrons. The number of carbonyl (C=O) groups excluding carboxylic acids is 1. The van der Waals surface area contributed by atoms with Crippen LogP contribution in [0.15, 0.2) is 0 Å². The van der Waals surface area contributed by atoms with Crippen molar-refractivity contribution in [2.24, 2.45) is 5.41 Å². The molecule has 2 aliphatic heterocycles. The minimum Gasteiger partial charge on any atom is -0.481 e. The molecule has 0 aromatic carbocycles. The Bertz CT molecular complexity index is 418. The van der Waals surface area contributed by atoms with Gasteiger partial charge in [0.1, 0.15) is 0 Å². The summed E-state index contributed by atoms with van der Waals surface area (Å²) in [7, 11) is 0. The SMILES string of the molecule is O=C(CC1(C(=O)O)CCCC1)NC1CCN2CCCC2C1. The molecule has 2 saturated heterocycles. The lowest BCUT2D eigenvalue weighted by atomic mass is 9.82. The topological polar surface area (TPSA) is 69.6 Å². The molecule has 5 nitrogen and oxygen atoms in total. The normalized spacial score (nSPS) is 31.8. The van der Waals surface area contributed by atoms with Crippen molar-refractivity contribution in [3.63, 3.8) is 0 Å². The first kappa shape index (κ1) is 14.8. The van der Waals surface area contributed by atoms with E-state index in [0.717, 1.165) is 32.2 Å². The number of hydrogen-bond donors (Lipinski definition) is 2. The third-order valence-corrected chi connectivity index (χ3v) is 5.70. The summed E-state index contributed by atoms with van der Waals surface area (Å²) < 4.78 is 0. The van der Waals surface area contributed by atoms with E-state index >= 15 is 0 Å². The van der Waals surface area contributed by atoms with E-state index in [1.54, 1.807) is 0 Å². The highest BCUT2D eigenvalue weighted by molar-refractivity contribution is 5.85. The minimum atomic E-state index is -0.794. The molecule has 0 bridgehead atoms. The maximum atomic E-state index is 12.3. The largest absolute Gasteiger partial charge is 0.481 e. The number of nitrogens with zero attached hydrogens (tertiary/aromatic N) is 1. The number of carboxylic acids is 1. The number of piperidine rings is 1. The Morgan fingerprint density at radius 1 is 1.14 bits per heavy atom. The zero-order chi connectivity index (χ0) is 14.9. The van der Waals surface area contributed by atoms with E-state index in [-0.39, 0.29) is 18.4 Å². The third-order valence-electron chi connectivity index (χ3n) is 5.70. The first-order valence-corrected chi connectivity index (χ1v) is 8.36. The van der Waals surface area contributed by atoms with Gasteiger partial charge in [-0.2, -0.15) is 0 Å². The van der Waals surface area contributed by atoms with Gasteiger partial charge in [-0.1, -0.05) is 12.8 Å². The maximum absolute atomic E-state index is 12.3. The summed E-state index contributed by atoms with van der Waals surface area (Å²) in [5, 5.41) is 12.6. The second-order valence-corrected chi connectivity index (χ2v) is 7.09. The predicted octanol–water partition coefficient (Wildman–Crippen LogP) is 1.76. The van der Waals surface area contributed by atoms with Crippen LogP contribution in [0.4, 0.5) is 0 Å². The number of aliphatic carboxylic acids is 1. The highest BCUT2D eigenvalue weighted by Gasteiger charge is 2.43. The second kappa shape index (κ2) is 5.95. The first-order chi connectivity index (χ1) is 10.1. The number of nitrogens with one attached hydrogen (secondary N) is 1. The van der Waals surface area contributed by atoms with E-state index in [4.69, 9.17) is 0 Å². The smallest absolute Gasteiger partial charge is 0.310 e. The Kier molecular flexibility index (Phi) is 4.20. The fourth-order valence-electron chi connectivity index (χ4n) is 4.46. The monoisotopic (exact) mass is 294 g/mol. The molecule has 5 heteroatoms. The van der Waals surface area contributed by atoms with Gasteiger partial charge in [0.25, 0.3) is 0 Å². The van der Waals surface area contributed by atoms with Gasteiger partial charge in [-0.15, -0.1) is 0 Å². The van der Waals surface area contributed by atoms with Crippen LogP contribution in [0, 0.1) is 5.41 Å². The molecule has 0 radical (unpaired) electrons. The number of rotatable bonds is 4. The zero-order valence-electron chi connectivity index (χ0n) is 12.6. The second-order valence-electron chi connectivity index (χ2n) is 7.09. The van der Waals surface area contributed by atoms with Crippen molar-refractivity contribution in [1.29, 1.82) is 0 Å². The highest BCUT2D eigenvalue weighted by Crippen LogP contribution is 2.41. The van der Waals surface area contributed by atoms with Gasteiger partial charge in [-0.3, -0.25) is 9.59 Å². The number of carbonyl (C=O) groups is 2. The van der Waals surface area contributed by atoms with E-state index in [2.05, 4.69) is 10.2 Å². The lowest BCUT2D eigenvalue weighted by Crippen LogP contribution is -2.48. The van der Waals surface area contributed by atoms with Crippen LogP contribution >= 0.6 is 0 Å². The summed E-state index contributed by atoms with van der Waals surface area (Å²) in [5.41, 5.74) is -0.794. The highest BCUT2D eigenvalue weighted by atomic mass is 16.4. The fraction of sp³-hybridized carbons (Fsp3) is 0.875. The molecule has 2 unspecified atom stereocenters. The Labute approximate surface area is 126 Å². The summed E-state index contributed by atoms with van der Waals surface area (Å²) in [6.07, 6.45) is 7.87. The van der Waals surface area contributed by atoms with Gasteiger partial charge in [-0.25, -0.2) is 0 Å². The average molecular weight is 294 g/mol. The predicted molar refractivity (Wildman–Crippen MR) is 78.9 cm³/mol. The molecule has 21 heavy (non-hydrogen) atoms. The van der Waals surface area contributed by atoms with Gasteiger partial charge >= 0.3 is 5.97 Å². The lowest BCUT2D eigenvalue weighted by molar-refractivity contribution is -0.151. The van der Waals surface area contributed by atoms with Gasteiger partial charge in [-0.05, 0) is 45.1 Å². The molecule has 1 aliphatic carbocycles. The Morgan fingerprint density at radius 2 is 1.90 bits per heavy atom. The van der Waals surface area contributed by atoms with Crippen LogP contribution in [0.1, 0.15) is 57.8 Å². The van der Waals surface area contributed by atoms with Crippen molar-refractivity contribution in [3.8, 4) is 0 Å². The molecule has 3 rings (SSSR count). The van der Waals surface area contributed by atoms with E-state index in [0.29, 0.717) is 18.9 Å². The van der Waals surface area contributed by atoms with Gasteiger partial charge in [0.2, 0.25) is 5.91 Å². The lowest BCUT2D eigenvalue weighted by Gasteiger charge is -2.35. The summed E-state index contributed by atoms with van der Waals surface area (Å²) >= 11 is 0. The number of amides is 1. The Hall–Kier alpha value is -1.10. The van der Waals surface area contributed by atoms with E-state index in [1.807, 2.05) is 0 Å². The summed E-state index contributed by atoms with van der Waals surface area (Å²) in [6.45, 7) is 2.27. The molecule has 0 aromatic rings. The van der Waals surface area contributed by atoms with Crippen molar-refractivity contribution in [1.82, 2.24) is 10.2 Å². The van der Waals surface area contributed by atoms with Crippen LogP contribution in [-0.4, -0.2) is 47.1 Å². The van der Waals surface area contributed by atoms with Crippen molar-refractivity contribution in [3.05, 3.63) is 0 Å². The standard InChI is InChI=1S/C16H26N2O3/c19-14(11-16(15(20)21)6-1-2-7-16)17-12-5-9-18-8-3-4-13(18)10-12/h12-13H,1-11H2,(H,17,19)(H,20,21). The van der Waals surface area contributed by atoms with Crippen molar-refractivity contribution < 1.29 is 14.7 Å². The Balaban J connectivity index is 1.53. The average Bonchev–Trinajstić information content (AvgIpc) is 3.07. The van der Waals surface area contributed by atoms with Crippen LogP contribution < -0.4 is 5.32 Å². The van der Waals surface area contributed by atoms with Crippen molar-refractivity contribution >= 4 is 11.9 Å². The maximum Gasteiger partial charge on any atom is 0.310 e. The Morgan fingerprint density at radius 3 is 2.62 bits per heavy atom. The summed E-state index contributed by atoms with van der Waals surface area (Å²) in [5.74, 6) is -0.850. The van der Waals surface area contributed by atoms with E-state index < -0.39 is 11.4 Å². The minimum absolute atomic E-state index is 0.0595. The van der Waals surface area contributed by atoms with E-state index in [1.165, 1.54) is 19.4 Å². The van der Waals surface area contributed by atoms with Crippen LogP contribution in [-0.2, 0) is 9.59 Å². The molecule has 2 N–H and O–H groups in total. The molecule has 3 aliphatic rings. The zero-order valence-corrected chi connectivity index (χ0v) is 12.6. The van der Waals surface area contributed by atoms with Crippen LogP contribution in [0.3, 0.4) is 0 Å². The van der Waals surface area contributed by atoms with Crippen LogP contribution in [0.25, 0.3) is 0 Å². The van der Waals surface area contributed by atoms with Gasteiger partial charge < -0.3 is 15.3 Å². The molecule has 3 fully saturated rings. The molecular weight excluding hydrogens is 268 g/mol. The molecule has 2 atom stereocenters. The summed E-state index contributed by atoms with van der Waals surface area (Å²) in [4.78, 5) is 26.3. The van der Waals surface area contributed by atoms with Gasteiger partial charge in [0.05, 0.1) is 5.41 Å². The quantitative estimate of drug-likeness (QED) is 0.829. The first-order valence-electron chi connectivity index (χ1n) is 8.36. The van der Waals surface area contributed by atoms with Crippen LogP contribution in [0.5, 0.6) is 0 Å². The number of fused-ring (bicyclic) bond motifs is 1.